The van der Waals surface area contributed by atoms with Gasteiger partial charge < -0.3 is 0 Å². The predicted octanol–water partition coefficient (Wildman–Crippen LogP) is 3.78. The van der Waals surface area contributed by atoms with Crippen LogP contribution in [0.15, 0.2) is 48.5 Å². The smallest absolute Gasteiger partial charge is 0.194 e. The van der Waals surface area contributed by atoms with Crippen LogP contribution < -0.4 is 0 Å². The van der Waals surface area contributed by atoms with Crippen molar-refractivity contribution in [3.05, 3.63) is 70.2 Å². The zero-order chi connectivity index (χ0) is 13.9. The van der Waals surface area contributed by atoms with E-state index in [1.165, 1.54) is 12.0 Å². The fraction of sp³-hybridized carbons (Fsp3) is 0.235. The molecular formula is C17H16ClNO. The van der Waals surface area contributed by atoms with Gasteiger partial charge in [0.2, 0.25) is 0 Å². The van der Waals surface area contributed by atoms with Crippen LogP contribution in [-0.2, 0) is 6.54 Å². The van der Waals surface area contributed by atoms with E-state index in [4.69, 9.17) is 11.6 Å². The number of rotatable bonds is 4. The van der Waals surface area contributed by atoms with E-state index in [0.717, 1.165) is 19.6 Å². The number of likely N-dealkylation sites (tertiary alicyclic amines) is 1. The molecule has 0 bridgehead atoms. The summed E-state index contributed by atoms with van der Waals surface area (Å²) in [5.74, 6) is -0.0129. The zero-order valence-electron chi connectivity index (χ0n) is 11.2. The van der Waals surface area contributed by atoms with E-state index in [2.05, 4.69) is 11.0 Å². The monoisotopic (exact) mass is 285 g/mol. The maximum absolute atomic E-state index is 12.5. The molecule has 3 heteroatoms. The first-order chi connectivity index (χ1) is 9.74. The first-order valence-corrected chi connectivity index (χ1v) is 7.22. The molecule has 1 fully saturated rings. The van der Waals surface area contributed by atoms with Gasteiger partial charge in [0, 0.05) is 17.7 Å². The molecule has 2 nitrogen and oxygen atoms in total. The third-order valence-electron chi connectivity index (χ3n) is 3.66. The van der Waals surface area contributed by atoms with Crippen molar-refractivity contribution < 1.29 is 4.79 Å². The van der Waals surface area contributed by atoms with Crippen molar-refractivity contribution in [2.75, 3.05) is 13.1 Å². The Balaban J connectivity index is 1.84. The molecular weight excluding hydrogens is 270 g/mol. The van der Waals surface area contributed by atoms with Gasteiger partial charge in [0.05, 0.1) is 5.02 Å². The maximum atomic E-state index is 12.5. The highest BCUT2D eigenvalue weighted by Crippen LogP contribution is 2.20. The van der Waals surface area contributed by atoms with E-state index in [1.807, 2.05) is 30.3 Å². The molecule has 1 aliphatic rings. The minimum Gasteiger partial charge on any atom is -0.299 e. The molecule has 1 heterocycles. The molecule has 0 radical (unpaired) electrons. The van der Waals surface area contributed by atoms with E-state index < -0.39 is 0 Å². The van der Waals surface area contributed by atoms with Crippen LogP contribution in [0, 0.1) is 0 Å². The van der Waals surface area contributed by atoms with Crippen LogP contribution in [0.25, 0.3) is 0 Å². The van der Waals surface area contributed by atoms with Crippen LogP contribution in [0.1, 0.15) is 27.9 Å². The molecule has 0 unspecified atom stereocenters. The number of carbonyl (C=O) groups excluding carboxylic acids is 1. The topological polar surface area (TPSA) is 20.3 Å². The Morgan fingerprint density at radius 3 is 2.60 bits per heavy atom. The van der Waals surface area contributed by atoms with Gasteiger partial charge in [-0.05, 0) is 43.3 Å². The molecule has 3 rings (SSSR count). The van der Waals surface area contributed by atoms with Gasteiger partial charge >= 0.3 is 0 Å². The Morgan fingerprint density at radius 2 is 1.90 bits per heavy atom. The molecule has 2 aromatic carbocycles. The van der Waals surface area contributed by atoms with Gasteiger partial charge in [0.25, 0.3) is 0 Å². The summed E-state index contributed by atoms with van der Waals surface area (Å²) in [4.78, 5) is 14.9. The normalized spacial score (nSPS) is 14.8. The highest BCUT2D eigenvalue weighted by Gasteiger charge is 2.16. The summed E-state index contributed by atoms with van der Waals surface area (Å²) in [6.45, 7) is 3.23. The number of nitrogens with zero attached hydrogens (tertiary/aromatic N) is 1. The molecule has 1 saturated heterocycles. The summed E-state index contributed by atoms with van der Waals surface area (Å²) in [5, 5.41) is 0.505. The Morgan fingerprint density at radius 1 is 1.10 bits per heavy atom. The van der Waals surface area contributed by atoms with Crippen LogP contribution in [0.5, 0.6) is 0 Å². The third-order valence-corrected chi connectivity index (χ3v) is 3.99. The lowest BCUT2D eigenvalue weighted by atomic mass is 10.0. The SMILES string of the molecule is O=C(c1cccc(CN2CCC2)c1)c1ccccc1Cl. The molecule has 2 aromatic rings. The molecule has 20 heavy (non-hydrogen) atoms. The van der Waals surface area contributed by atoms with Gasteiger partial charge in [-0.15, -0.1) is 0 Å². The van der Waals surface area contributed by atoms with Crippen LogP contribution in [0.4, 0.5) is 0 Å². The average Bonchev–Trinajstić information content (AvgIpc) is 2.43. The van der Waals surface area contributed by atoms with E-state index in [9.17, 15) is 4.79 Å². The van der Waals surface area contributed by atoms with Crippen molar-refractivity contribution >= 4 is 17.4 Å². The number of benzene rings is 2. The molecule has 0 spiro atoms. The molecule has 0 amide bonds. The first-order valence-electron chi connectivity index (χ1n) is 6.84. The van der Waals surface area contributed by atoms with E-state index in [1.54, 1.807) is 12.1 Å². The largest absolute Gasteiger partial charge is 0.299 e. The lowest BCUT2D eigenvalue weighted by molar-refractivity contribution is 0.103. The molecule has 0 N–H and O–H groups in total. The Hall–Kier alpha value is -1.64. The predicted molar refractivity (Wildman–Crippen MR) is 81.2 cm³/mol. The van der Waals surface area contributed by atoms with E-state index >= 15 is 0 Å². The van der Waals surface area contributed by atoms with Gasteiger partial charge in [-0.3, -0.25) is 9.69 Å². The van der Waals surface area contributed by atoms with Gasteiger partial charge in [-0.2, -0.15) is 0 Å². The number of ketones is 1. The van der Waals surface area contributed by atoms with E-state index in [0.29, 0.717) is 16.1 Å². The second-order valence-electron chi connectivity index (χ2n) is 5.14. The van der Waals surface area contributed by atoms with Gasteiger partial charge in [-0.25, -0.2) is 0 Å². The van der Waals surface area contributed by atoms with Crippen LogP contribution in [0.3, 0.4) is 0 Å². The molecule has 102 valence electrons. The first kappa shape index (κ1) is 13.3. The second kappa shape index (κ2) is 5.78. The highest BCUT2D eigenvalue weighted by atomic mass is 35.5. The van der Waals surface area contributed by atoms with Crippen LogP contribution in [-0.4, -0.2) is 23.8 Å². The summed E-state index contributed by atoms with van der Waals surface area (Å²) < 4.78 is 0. The fourth-order valence-electron chi connectivity index (χ4n) is 2.41. The maximum Gasteiger partial charge on any atom is 0.194 e. The Labute approximate surface area is 124 Å². The lowest BCUT2D eigenvalue weighted by Crippen LogP contribution is -2.36. The van der Waals surface area contributed by atoms with Crippen molar-refractivity contribution in [3.8, 4) is 0 Å². The average molecular weight is 286 g/mol. The summed E-state index contributed by atoms with van der Waals surface area (Å²) in [6, 6.07) is 15.0. The van der Waals surface area contributed by atoms with Crippen molar-refractivity contribution in [1.82, 2.24) is 4.90 Å². The molecule has 0 saturated carbocycles. The third kappa shape index (κ3) is 2.77. The van der Waals surface area contributed by atoms with Crippen molar-refractivity contribution in [2.24, 2.45) is 0 Å². The van der Waals surface area contributed by atoms with Crippen molar-refractivity contribution in [2.45, 2.75) is 13.0 Å². The molecule has 0 aromatic heterocycles. The number of hydrogen-bond donors (Lipinski definition) is 0. The van der Waals surface area contributed by atoms with Crippen molar-refractivity contribution in [1.29, 1.82) is 0 Å². The standard InChI is InChI=1S/C17H16ClNO/c18-16-8-2-1-7-15(16)17(20)14-6-3-5-13(11-14)12-19-9-4-10-19/h1-3,5-8,11H,4,9-10,12H2. The molecule has 1 aliphatic heterocycles. The van der Waals surface area contributed by atoms with Gasteiger partial charge in [0.1, 0.15) is 0 Å². The molecule has 0 atom stereocenters. The van der Waals surface area contributed by atoms with Crippen LogP contribution >= 0.6 is 11.6 Å². The fourth-order valence-corrected chi connectivity index (χ4v) is 2.63. The van der Waals surface area contributed by atoms with E-state index in [-0.39, 0.29) is 5.78 Å². The summed E-state index contributed by atoms with van der Waals surface area (Å²) in [5.41, 5.74) is 2.45. The highest BCUT2D eigenvalue weighted by molar-refractivity contribution is 6.34. The second-order valence-corrected chi connectivity index (χ2v) is 5.55. The lowest BCUT2D eigenvalue weighted by Gasteiger charge is -2.30. The summed E-state index contributed by atoms with van der Waals surface area (Å²) in [6.07, 6.45) is 1.28. The zero-order valence-corrected chi connectivity index (χ0v) is 11.9. The quantitative estimate of drug-likeness (QED) is 0.797. The van der Waals surface area contributed by atoms with Crippen LogP contribution in [0.2, 0.25) is 5.02 Å². The van der Waals surface area contributed by atoms with Gasteiger partial charge in [0.15, 0.2) is 5.78 Å². The summed E-state index contributed by atoms with van der Waals surface area (Å²) in [7, 11) is 0. The number of carbonyl (C=O) groups is 1. The number of halogens is 1. The molecule has 0 aliphatic carbocycles. The Kier molecular flexibility index (Phi) is 3.86. The minimum atomic E-state index is -0.0129. The minimum absolute atomic E-state index is 0.0129. The van der Waals surface area contributed by atoms with Gasteiger partial charge in [-0.1, -0.05) is 41.9 Å². The van der Waals surface area contributed by atoms with Crippen molar-refractivity contribution in [3.63, 3.8) is 0 Å². The number of hydrogen-bond acceptors (Lipinski definition) is 2. The Bertz CT molecular complexity index is 634. The summed E-state index contributed by atoms with van der Waals surface area (Å²) >= 11 is 6.10.